The van der Waals surface area contributed by atoms with E-state index in [9.17, 15) is 4.79 Å². The van der Waals surface area contributed by atoms with E-state index in [0.717, 1.165) is 16.5 Å². The third-order valence-electron chi connectivity index (χ3n) is 2.19. The second-order valence-corrected chi connectivity index (χ2v) is 4.59. The Balaban J connectivity index is 2.12. The summed E-state index contributed by atoms with van der Waals surface area (Å²) < 4.78 is 5.40. The van der Waals surface area contributed by atoms with E-state index in [-0.39, 0.29) is 5.12 Å². The van der Waals surface area contributed by atoms with Crippen LogP contribution >= 0.6 is 11.8 Å². The van der Waals surface area contributed by atoms with Crippen LogP contribution in [0.3, 0.4) is 0 Å². The lowest BCUT2D eigenvalue weighted by atomic mass is 10.2. The summed E-state index contributed by atoms with van der Waals surface area (Å²) in [6.07, 6.45) is 5.70. The third kappa shape index (κ3) is 2.55. The molecule has 0 unspecified atom stereocenters. The molecule has 0 amide bonds. The lowest BCUT2D eigenvalue weighted by Gasteiger charge is -1.90. The fourth-order valence-corrected chi connectivity index (χ4v) is 1.90. The van der Waals surface area contributed by atoms with Gasteiger partial charge >= 0.3 is 0 Å². The average molecular weight is 232 g/mol. The molecule has 82 valence electrons. The Bertz CT molecular complexity index is 525. The Labute approximate surface area is 98.3 Å². The molecule has 0 saturated heterocycles. The van der Waals surface area contributed by atoms with Crippen LogP contribution in [0, 0.1) is 0 Å². The molecule has 0 N–H and O–H groups in total. The van der Waals surface area contributed by atoms with Crippen molar-refractivity contribution in [1.29, 1.82) is 0 Å². The Morgan fingerprint density at radius 1 is 1.44 bits per heavy atom. The van der Waals surface area contributed by atoms with Gasteiger partial charge in [0.15, 0.2) is 5.12 Å². The number of fused-ring (bicyclic) bond motifs is 1. The number of furan rings is 1. The van der Waals surface area contributed by atoms with Gasteiger partial charge in [0.2, 0.25) is 0 Å². The smallest absolute Gasteiger partial charge is 0.186 e. The van der Waals surface area contributed by atoms with Gasteiger partial charge in [-0.25, -0.2) is 0 Å². The minimum Gasteiger partial charge on any atom is -0.464 e. The minimum absolute atomic E-state index is 0.140. The fourth-order valence-electron chi connectivity index (χ4n) is 1.47. The monoisotopic (exact) mass is 232 g/mol. The summed E-state index contributed by atoms with van der Waals surface area (Å²) in [5, 5.41) is 1.24. The molecule has 2 nitrogen and oxygen atoms in total. The normalized spacial score (nSPS) is 11.3. The highest BCUT2D eigenvalue weighted by molar-refractivity contribution is 8.13. The van der Waals surface area contributed by atoms with E-state index >= 15 is 0 Å². The number of carbonyl (C=O) groups is 1. The summed E-state index contributed by atoms with van der Waals surface area (Å²) in [6.45, 7) is 1.58. The van der Waals surface area contributed by atoms with Crippen molar-refractivity contribution in [3.05, 3.63) is 42.2 Å². The van der Waals surface area contributed by atoms with Gasteiger partial charge in [0.1, 0.15) is 5.58 Å². The lowest BCUT2D eigenvalue weighted by Crippen LogP contribution is -1.81. The van der Waals surface area contributed by atoms with Crippen LogP contribution in [0.5, 0.6) is 0 Å². The summed E-state index contributed by atoms with van der Waals surface area (Å²) in [6, 6.07) is 7.90. The first kappa shape index (κ1) is 11.0. The highest BCUT2D eigenvalue weighted by Gasteiger charge is 2.00. The standard InChI is InChI=1S/C13H12O2S/c1-10(14)16-8-4-5-11-9-15-13-7-3-2-6-12(11)13/h2-7,9H,8H2,1H3. The first-order valence-corrected chi connectivity index (χ1v) is 6.02. The van der Waals surface area contributed by atoms with Gasteiger partial charge in [0.25, 0.3) is 0 Å². The van der Waals surface area contributed by atoms with Crippen LogP contribution < -0.4 is 0 Å². The fraction of sp³-hybridized carbons (Fsp3) is 0.154. The first-order valence-electron chi connectivity index (χ1n) is 5.03. The third-order valence-corrected chi connectivity index (χ3v) is 2.96. The van der Waals surface area contributed by atoms with Crippen LogP contribution in [0.25, 0.3) is 17.0 Å². The van der Waals surface area contributed by atoms with Crippen LogP contribution in [-0.2, 0) is 4.79 Å². The van der Waals surface area contributed by atoms with E-state index in [1.165, 1.54) is 11.8 Å². The van der Waals surface area contributed by atoms with Gasteiger partial charge in [-0.1, -0.05) is 42.1 Å². The zero-order valence-corrected chi connectivity index (χ0v) is 9.79. The molecule has 0 atom stereocenters. The van der Waals surface area contributed by atoms with Crippen LogP contribution in [0.1, 0.15) is 12.5 Å². The van der Waals surface area contributed by atoms with Crippen molar-refractivity contribution >= 4 is 33.9 Å². The molecule has 0 bridgehead atoms. The van der Waals surface area contributed by atoms with E-state index in [4.69, 9.17) is 4.42 Å². The SMILES string of the molecule is CC(=O)SCC=Cc1coc2ccccc12. The van der Waals surface area contributed by atoms with Crippen molar-refractivity contribution < 1.29 is 9.21 Å². The topological polar surface area (TPSA) is 30.2 Å². The van der Waals surface area contributed by atoms with Crippen LogP contribution in [0.4, 0.5) is 0 Å². The minimum atomic E-state index is 0.140. The van der Waals surface area contributed by atoms with Crippen molar-refractivity contribution in [3.8, 4) is 0 Å². The number of hydrogen-bond acceptors (Lipinski definition) is 3. The van der Waals surface area contributed by atoms with Gasteiger partial charge in [-0.15, -0.1) is 0 Å². The van der Waals surface area contributed by atoms with E-state index in [2.05, 4.69) is 0 Å². The van der Waals surface area contributed by atoms with Gasteiger partial charge < -0.3 is 4.42 Å². The molecule has 0 aliphatic carbocycles. The van der Waals surface area contributed by atoms with Crippen molar-refractivity contribution in [2.45, 2.75) is 6.92 Å². The molecule has 0 aliphatic rings. The molecule has 1 heterocycles. The number of thioether (sulfide) groups is 1. The summed E-state index contributed by atoms with van der Waals surface area (Å²) in [7, 11) is 0. The summed E-state index contributed by atoms with van der Waals surface area (Å²) in [4.78, 5) is 10.7. The largest absolute Gasteiger partial charge is 0.464 e. The lowest BCUT2D eigenvalue weighted by molar-refractivity contribution is -0.109. The van der Waals surface area contributed by atoms with Crippen molar-refractivity contribution in [1.82, 2.24) is 0 Å². The number of rotatable bonds is 3. The maximum atomic E-state index is 10.7. The molecule has 1 aromatic heterocycles. The predicted octanol–water partition coefficient (Wildman–Crippen LogP) is 3.73. The van der Waals surface area contributed by atoms with E-state index in [0.29, 0.717) is 5.75 Å². The van der Waals surface area contributed by atoms with Gasteiger partial charge in [-0.3, -0.25) is 4.79 Å². The molecule has 0 saturated carbocycles. The molecule has 0 fully saturated rings. The van der Waals surface area contributed by atoms with Gasteiger partial charge in [-0.05, 0) is 6.07 Å². The van der Waals surface area contributed by atoms with E-state index < -0.39 is 0 Å². The zero-order valence-electron chi connectivity index (χ0n) is 8.97. The zero-order chi connectivity index (χ0) is 11.4. The average Bonchev–Trinajstić information content (AvgIpc) is 2.68. The second-order valence-electron chi connectivity index (χ2n) is 3.39. The number of benzene rings is 1. The maximum absolute atomic E-state index is 10.7. The van der Waals surface area contributed by atoms with Crippen molar-refractivity contribution in [2.75, 3.05) is 5.75 Å². The number of hydrogen-bond donors (Lipinski definition) is 0. The highest BCUT2D eigenvalue weighted by atomic mass is 32.2. The molecule has 3 heteroatoms. The number of para-hydroxylation sites is 1. The Hall–Kier alpha value is -1.48. The molecule has 0 aliphatic heterocycles. The first-order chi connectivity index (χ1) is 7.77. The molecule has 16 heavy (non-hydrogen) atoms. The van der Waals surface area contributed by atoms with Crippen LogP contribution in [-0.4, -0.2) is 10.9 Å². The van der Waals surface area contributed by atoms with Crippen molar-refractivity contribution in [2.24, 2.45) is 0 Å². The summed E-state index contributed by atoms with van der Waals surface area (Å²) in [5.74, 6) is 0.703. The van der Waals surface area contributed by atoms with E-state index in [1.807, 2.05) is 36.4 Å². The second kappa shape index (κ2) is 5.03. The van der Waals surface area contributed by atoms with Gasteiger partial charge in [0, 0.05) is 23.6 Å². The van der Waals surface area contributed by atoms with E-state index in [1.54, 1.807) is 13.2 Å². The van der Waals surface area contributed by atoms with Crippen LogP contribution in [0.15, 0.2) is 41.0 Å². The molecule has 2 rings (SSSR count). The van der Waals surface area contributed by atoms with Gasteiger partial charge in [0.05, 0.1) is 6.26 Å². The maximum Gasteiger partial charge on any atom is 0.186 e. The predicted molar refractivity (Wildman–Crippen MR) is 68.4 cm³/mol. The molecule has 2 aromatic rings. The quantitative estimate of drug-likeness (QED) is 0.807. The molecular weight excluding hydrogens is 220 g/mol. The highest BCUT2D eigenvalue weighted by Crippen LogP contribution is 2.21. The van der Waals surface area contributed by atoms with Crippen molar-refractivity contribution in [3.63, 3.8) is 0 Å². The Kier molecular flexibility index (Phi) is 3.47. The molecule has 0 radical (unpaired) electrons. The van der Waals surface area contributed by atoms with Crippen LogP contribution in [0.2, 0.25) is 0 Å². The molecule has 0 spiro atoms. The Morgan fingerprint density at radius 2 is 2.25 bits per heavy atom. The van der Waals surface area contributed by atoms with Gasteiger partial charge in [-0.2, -0.15) is 0 Å². The molecular formula is C13H12O2S. The number of carbonyl (C=O) groups excluding carboxylic acids is 1. The summed E-state index contributed by atoms with van der Waals surface area (Å²) in [5.41, 5.74) is 1.95. The Morgan fingerprint density at radius 3 is 3.06 bits per heavy atom. The molecule has 1 aromatic carbocycles. The summed E-state index contributed by atoms with van der Waals surface area (Å²) >= 11 is 1.30.